The summed E-state index contributed by atoms with van der Waals surface area (Å²) in [6.07, 6.45) is 5.54. The Hall–Kier alpha value is -3.59. The highest BCUT2D eigenvalue weighted by Gasteiger charge is 2.25. The number of aromatic nitrogens is 2. The Morgan fingerprint density at radius 1 is 1.13 bits per heavy atom. The summed E-state index contributed by atoms with van der Waals surface area (Å²) in [6.45, 7) is 2.93. The summed E-state index contributed by atoms with van der Waals surface area (Å²) in [5, 5.41) is 21.1. The van der Waals surface area contributed by atoms with E-state index in [1.165, 1.54) is 0 Å². The Kier molecular flexibility index (Phi) is 6.53. The lowest BCUT2D eigenvalue weighted by molar-refractivity contribution is -0.159. The molecule has 1 aromatic carbocycles. The third-order valence-electron chi connectivity index (χ3n) is 4.40. The Balaban J connectivity index is 0.000000377. The fourth-order valence-electron chi connectivity index (χ4n) is 2.99. The molecule has 3 heterocycles. The lowest BCUT2D eigenvalue weighted by Gasteiger charge is -2.12. The molecule has 4 rings (SSSR count). The molecule has 1 atom stereocenters. The molecule has 0 saturated heterocycles. The van der Waals surface area contributed by atoms with E-state index < -0.39 is 11.9 Å². The number of carbonyl (C=O) groups is 3. The zero-order chi connectivity index (χ0) is 21.7. The number of rotatable bonds is 4. The van der Waals surface area contributed by atoms with Crippen LogP contribution in [0.1, 0.15) is 28.2 Å². The SMILES string of the molecule is CCn1cc(C(=O)C2=CSC(c3cccnc3)N2)c2ccccc21.O=C(O)C(=O)O. The molecule has 8 nitrogen and oxygen atoms in total. The molecule has 0 spiro atoms. The number of hydrogen-bond acceptors (Lipinski definition) is 6. The smallest absolute Gasteiger partial charge is 0.414 e. The van der Waals surface area contributed by atoms with Crippen LogP contribution in [0.15, 0.2) is 66.1 Å². The third-order valence-corrected chi connectivity index (χ3v) is 5.43. The van der Waals surface area contributed by atoms with Gasteiger partial charge in [-0.1, -0.05) is 24.3 Å². The van der Waals surface area contributed by atoms with Gasteiger partial charge < -0.3 is 20.1 Å². The van der Waals surface area contributed by atoms with Crippen LogP contribution in [0.25, 0.3) is 10.9 Å². The van der Waals surface area contributed by atoms with E-state index in [4.69, 9.17) is 19.8 Å². The van der Waals surface area contributed by atoms with Crippen LogP contribution in [0.3, 0.4) is 0 Å². The average molecular weight is 425 g/mol. The van der Waals surface area contributed by atoms with Crippen molar-refractivity contribution in [3.8, 4) is 0 Å². The van der Waals surface area contributed by atoms with Gasteiger partial charge in [0.2, 0.25) is 5.78 Å². The maximum Gasteiger partial charge on any atom is 0.414 e. The molecular weight excluding hydrogens is 406 g/mol. The summed E-state index contributed by atoms with van der Waals surface area (Å²) in [6, 6.07) is 12.0. The molecule has 0 fully saturated rings. The number of pyridine rings is 1. The number of aliphatic carboxylic acids is 2. The fourth-order valence-corrected chi connectivity index (χ4v) is 3.93. The number of aryl methyl sites for hydroxylation is 1. The number of benzene rings is 1. The maximum atomic E-state index is 13.0. The number of allylic oxidation sites excluding steroid dienone is 1. The van der Waals surface area contributed by atoms with Crippen LogP contribution < -0.4 is 5.32 Å². The highest BCUT2D eigenvalue weighted by Crippen LogP contribution is 2.35. The number of thioether (sulfide) groups is 1. The Labute approximate surface area is 176 Å². The molecule has 0 radical (unpaired) electrons. The summed E-state index contributed by atoms with van der Waals surface area (Å²) in [7, 11) is 0. The van der Waals surface area contributed by atoms with E-state index in [-0.39, 0.29) is 11.2 Å². The third kappa shape index (κ3) is 4.52. The number of ketones is 1. The first-order valence-electron chi connectivity index (χ1n) is 9.03. The van der Waals surface area contributed by atoms with Crippen LogP contribution in [0.4, 0.5) is 0 Å². The van der Waals surface area contributed by atoms with Gasteiger partial charge in [0.05, 0.1) is 5.70 Å². The van der Waals surface area contributed by atoms with Crippen LogP contribution in [0.2, 0.25) is 0 Å². The number of carboxylic acid groups (broad SMARTS) is 2. The molecule has 30 heavy (non-hydrogen) atoms. The number of Topliss-reactive ketones (excluding diaryl/α,β-unsaturated/α-hetero) is 1. The molecule has 1 unspecified atom stereocenters. The number of fused-ring (bicyclic) bond motifs is 1. The zero-order valence-electron chi connectivity index (χ0n) is 16.0. The van der Waals surface area contributed by atoms with Gasteiger partial charge in [0.1, 0.15) is 5.37 Å². The fraction of sp³-hybridized carbons (Fsp3) is 0.143. The summed E-state index contributed by atoms with van der Waals surface area (Å²) in [5.74, 6) is -3.61. The van der Waals surface area contributed by atoms with E-state index in [0.717, 1.165) is 28.6 Å². The molecule has 154 valence electrons. The normalized spacial score (nSPS) is 15.0. The van der Waals surface area contributed by atoms with E-state index in [1.807, 2.05) is 48.1 Å². The topological polar surface area (TPSA) is 122 Å². The minimum Gasteiger partial charge on any atom is -0.473 e. The van der Waals surface area contributed by atoms with Gasteiger partial charge in [0.15, 0.2) is 0 Å². The van der Waals surface area contributed by atoms with Crippen LogP contribution >= 0.6 is 11.8 Å². The van der Waals surface area contributed by atoms with Gasteiger partial charge in [0.25, 0.3) is 0 Å². The summed E-state index contributed by atoms with van der Waals surface area (Å²) in [4.78, 5) is 35.3. The van der Waals surface area contributed by atoms with Gasteiger partial charge in [0, 0.05) is 52.6 Å². The van der Waals surface area contributed by atoms with Gasteiger partial charge in [-0.3, -0.25) is 9.78 Å². The molecule has 1 aliphatic heterocycles. The lowest BCUT2D eigenvalue weighted by Crippen LogP contribution is -2.19. The van der Waals surface area contributed by atoms with Gasteiger partial charge in [-0.15, -0.1) is 11.8 Å². The first-order chi connectivity index (χ1) is 14.4. The van der Waals surface area contributed by atoms with Crippen molar-refractivity contribution < 1.29 is 24.6 Å². The predicted octanol–water partition coefficient (Wildman–Crippen LogP) is 3.27. The van der Waals surface area contributed by atoms with Crippen molar-refractivity contribution in [3.63, 3.8) is 0 Å². The first kappa shape index (κ1) is 21.1. The van der Waals surface area contributed by atoms with Gasteiger partial charge in [-0.25, -0.2) is 9.59 Å². The average Bonchev–Trinajstić information content (AvgIpc) is 3.40. The summed E-state index contributed by atoms with van der Waals surface area (Å²) in [5.41, 5.74) is 3.56. The van der Waals surface area contributed by atoms with Gasteiger partial charge in [-0.2, -0.15) is 0 Å². The van der Waals surface area contributed by atoms with Crippen molar-refractivity contribution in [2.24, 2.45) is 0 Å². The Morgan fingerprint density at radius 2 is 1.87 bits per heavy atom. The molecule has 3 aromatic rings. The second kappa shape index (κ2) is 9.27. The van der Waals surface area contributed by atoms with Crippen LogP contribution in [0, 0.1) is 0 Å². The minimum absolute atomic E-state index is 0.0391. The van der Waals surface area contributed by atoms with Crippen molar-refractivity contribution in [1.82, 2.24) is 14.9 Å². The number of nitrogens with one attached hydrogen (secondary N) is 1. The van der Waals surface area contributed by atoms with Crippen molar-refractivity contribution in [2.45, 2.75) is 18.8 Å². The van der Waals surface area contributed by atoms with E-state index in [2.05, 4.69) is 27.9 Å². The lowest BCUT2D eigenvalue weighted by atomic mass is 10.1. The molecule has 0 amide bonds. The number of para-hydroxylation sites is 1. The van der Waals surface area contributed by atoms with Gasteiger partial charge >= 0.3 is 11.9 Å². The molecule has 1 aliphatic rings. The number of carboxylic acids is 2. The Bertz CT molecular complexity index is 1110. The second-order valence-electron chi connectivity index (χ2n) is 6.26. The van der Waals surface area contributed by atoms with Crippen molar-refractivity contribution in [2.75, 3.05) is 0 Å². The minimum atomic E-state index is -1.82. The molecule has 0 bridgehead atoms. The Morgan fingerprint density at radius 3 is 2.50 bits per heavy atom. The molecule has 3 N–H and O–H groups in total. The van der Waals surface area contributed by atoms with Crippen LogP contribution in [-0.2, 0) is 16.1 Å². The van der Waals surface area contributed by atoms with Gasteiger partial charge in [-0.05, 0) is 19.1 Å². The predicted molar refractivity (Wildman–Crippen MR) is 113 cm³/mol. The molecule has 0 saturated carbocycles. The number of nitrogens with zero attached hydrogens (tertiary/aromatic N) is 2. The quantitative estimate of drug-likeness (QED) is 0.430. The standard InChI is InChI=1S/C19H17N3OS.C2H2O4/c1-2-22-11-15(14-7-3-4-8-17(14)22)18(23)16-12-24-19(21-16)13-6-5-9-20-10-13;3-1(4)2(5)6/h3-12,19,21H,2H2,1H3;(H,3,4)(H,5,6). The van der Waals surface area contributed by atoms with E-state index in [9.17, 15) is 4.79 Å². The van der Waals surface area contributed by atoms with Crippen LogP contribution in [-0.4, -0.2) is 37.5 Å². The first-order valence-corrected chi connectivity index (χ1v) is 9.97. The second-order valence-corrected chi connectivity index (χ2v) is 7.24. The highest BCUT2D eigenvalue weighted by molar-refractivity contribution is 8.02. The number of carbonyl (C=O) groups excluding carboxylic acids is 1. The maximum absolute atomic E-state index is 13.0. The monoisotopic (exact) mass is 425 g/mol. The van der Waals surface area contributed by atoms with Crippen molar-refractivity contribution >= 4 is 40.4 Å². The van der Waals surface area contributed by atoms with E-state index in [1.54, 1.807) is 18.0 Å². The summed E-state index contributed by atoms with van der Waals surface area (Å²) >= 11 is 1.60. The van der Waals surface area contributed by atoms with E-state index >= 15 is 0 Å². The van der Waals surface area contributed by atoms with E-state index in [0.29, 0.717) is 5.70 Å². The molecular formula is C21H19N3O5S. The highest BCUT2D eigenvalue weighted by atomic mass is 32.2. The van der Waals surface area contributed by atoms with Crippen molar-refractivity contribution in [3.05, 3.63) is 77.2 Å². The van der Waals surface area contributed by atoms with Crippen LogP contribution in [0.5, 0.6) is 0 Å². The number of hydrogen-bond donors (Lipinski definition) is 3. The summed E-state index contributed by atoms with van der Waals surface area (Å²) < 4.78 is 2.11. The molecule has 0 aliphatic carbocycles. The zero-order valence-corrected chi connectivity index (χ0v) is 16.8. The molecule has 2 aromatic heterocycles. The largest absolute Gasteiger partial charge is 0.473 e. The van der Waals surface area contributed by atoms with Crippen molar-refractivity contribution in [1.29, 1.82) is 0 Å². The molecule has 9 heteroatoms.